The van der Waals surface area contributed by atoms with E-state index in [9.17, 15) is 0 Å². The van der Waals surface area contributed by atoms with Crippen molar-refractivity contribution in [1.82, 2.24) is 9.88 Å². The molecule has 0 radical (unpaired) electrons. The van der Waals surface area contributed by atoms with Crippen LogP contribution in [0.25, 0.3) is 0 Å². The highest BCUT2D eigenvalue weighted by atomic mass is 35.5. The lowest BCUT2D eigenvalue weighted by molar-refractivity contribution is 0.0209. The van der Waals surface area contributed by atoms with Gasteiger partial charge in [-0.05, 0) is 18.6 Å². The van der Waals surface area contributed by atoms with Gasteiger partial charge in [-0.3, -0.25) is 4.90 Å². The van der Waals surface area contributed by atoms with Gasteiger partial charge in [-0.1, -0.05) is 11.6 Å². The maximum Gasteiger partial charge on any atom is 0.132 e. The number of morpholine rings is 1. The molecule has 3 heterocycles. The highest BCUT2D eigenvalue weighted by Gasteiger charge is 2.29. The Hall–Kier alpha value is -1.35. The minimum absolute atomic E-state index is 0.383. The molecule has 1 aromatic rings. The number of anilines is 1. The summed E-state index contributed by atoms with van der Waals surface area (Å²) in [7, 11) is 0. The predicted molar refractivity (Wildman–Crippen MR) is 77.0 cm³/mol. The third-order valence-electron chi connectivity index (χ3n) is 3.96. The minimum Gasteiger partial charge on any atom is -0.379 e. The number of nitrogens with zero attached hydrogens (tertiary/aromatic N) is 4. The molecule has 20 heavy (non-hydrogen) atoms. The largest absolute Gasteiger partial charge is 0.379 e. The number of nitriles is 1. The Labute approximate surface area is 123 Å². The molecule has 106 valence electrons. The first-order valence-corrected chi connectivity index (χ1v) is 7.28. The summed E-state index contributed by atoms with van der Waals surface area (Å²) in [6.07, 6.45) is 1.12. The fourth-order valence-corrected chi connectivity index (χ4v) is 3.10. The van der Waals surface area contributed by atoms with E-state index < -0.39 is 0 Å². The first kappa shape index (κ1) is 13.6. The van der Waals surface area contributed by atoms with Gasteiger partial charge in [-0.25, -0.2) is 4.98 Å². The van der Waals surface area contributed by atoms with Gasteiger partial charge < -0.3 is 9.64 Å². The van der Waals surface area contributed by atoms with Crippen molar-refractivity contribution in [2.45, 2.75) is 12.5 Å². The van der Waals surface area contributed by atoms with Crippen LogP contribution in [0.15, 0.2) is 12.1 Å². The molecule has 2 fully saturated rings. The molecule has 1 unspecified atom stereocenters. The van der Waals surface area contributed by atoms with E-state index >= 15 is 0 Å². The maximum atomic E-state index is 9.01. The number of aromatic nitrogens is 1. The van der Waals surface area contributed by atoms with E-state index in [1.54, 1.807) is 6.07 Å². The molecule has 5 nitrogen and oxygen atoms in total. The number of halogens is 1. The maximum absolute atomic E-state index is 9.01. The Morgan fingerprint density at radius 2 is 2.10 bits per heavy atom. The monoisotopic (exact) mass is 292 g/mol. The van der Waals surface area contributed by atoms with Gasteiger partial charge in [0.25, 0.3) is 0 Å². The quantitative estimate of drug-likeness (QED) is 0.774. The van der Waals surface area contributed by atoms with Crippen molar-refractivity contribution in [2.24, 2.45) is 0 Å². The van der Waals surface area contributed by atoms with Crippen molar-refractivity contribution in [3.63, 3.8) is 0 Å². The molecule has 1 aromatic heterocycles. The summed E-state index contributed by atoms with van der Waals surface area (Å²) in [4.78, 5) is 9.04. The number of rotatable bonds is 2. The molecule has 2 aliphatic rings. The number of ether oxygens (including phenoxy) is 1. The summed E-state index contributed by atoms with van der Waals surface area (Å²) >= 11 is 5.98. The molecular formula is C14H17ClN4O. The van der Waals surface area contributed by atoms with E-state index in [2.05, 4.69) is 20.9 Å². The normalized spacial score (nSPS) is 23.8. The summed E-state index contributed by atoms with van der Waals surface area (Å²) in [6, 6.07) is 6.09. The first-order valence-electron chi connectivity index (χ1n) is 6.91. The van der Waals surface area contributed by atoms with E-state index in [0.29, 0.717) is 16.8 Å². The molecule has 0 amide bonds. The van der Waals surface area contributed by atoms with Crippen molar-refractivity contribution in [3.8, 4) is 6.07 Å². The smallest absolute Gasteiger partial charge is 0.132 e. The van der Waals surface area contributed by atoms with E-state index in [1.807, 2.05) is 6.07 Å². The molecule has 2 aliphatic heterocycles. The molecule has 6 heteroatoms. The fraction of sp³-hybridized carbons (Fsp3) is 0.571. The standard InChI is InChI=1S/C14H17ClN4O/c15-13-7-11(9-16)8-14(17-13)19-2-1-12(10-19)18-3-5-20-6-4-18/h7-8,12H,1-6,10H2. The zero-order valence-electron chi connectivity index (χ0n) is 11.3. The average molecular weight is 293 g/mol. The number of hydrogen-bond acceptors (Lipinski definition) is 5. The summed E-state index contributed by atoms with van der Waals surface area (Å²) < 4.78 is 5.40. The van der Waals surface area contributed by atoms with Crippen LogP contribution in [0.5, 0.6) is 0 Å². The molecule has 0 saturated carbocycles. The lowest BCUT2D eigenvalue weighted by atomic mass is 10.2. The Morgan fingerprint density at radius 1 is 1.30 bits per heavy atom. The average Bonchev–Trinajstić information content (AvgIpc) is 2.97. The van der Waals surface area contributed by atoms with Gasteiger partial charge in [0.15, 0.2) is 0 Å². The van der Waals surface area contributed by atoms with Crippen LogP contribution in [0, 0.1) is 11.3 Å². The van der Waals surface area contributed by atoms with Crippen LogP contribution in [0.4, 0.5) is 5.82 Å². The minimum atomic E-state index is 0.383. The zero-order valence-corrected chi connectivity index (χ0v) is 12.0. The Morgan fingerprint density at radius 3 is 2.85 bits per heavy atom. The Bertz CT molecular complexity index is 524. The van der Waals surface area contributed by atoms with Gasteiger partial charge in [-0.15, -0.1) is 0 Å². The molecule has 3 rings (SSSR count). The van der Waals surface area contributed by atoms with Gasteiger partial charge >= 0.3 is 0 Å². The van der Waals surface area contributed by atoms with Crippen LogP contribution in [0.3, 0.4) is 0 Å². The molecule has 0 aromatic carbocycles. The lowest BCUT2D eigenvalue weighted by Gasteiger charge is -2.32. The van der Waals surface area contributed by atoms with E-state index in [-0.39, 0.29) is 0 Å². The van der Waals surface area contributed by atoms with Crippen LogP contribution in [0.1, 0.15) is 12.0 Å². The highest BCUT2D eigenvalue weighted by molar-refractivity contribution is 6.29. The highest BCUT2D eigenvalue weighted by Crippen LogP contribution is 2.24. The Balaban J connectivity index is 1.70. The topological polar surface area (TPSA) is 52.4 Å². The Kier molecular flexibility index (Phi) is 4.06. The number of pyridine rings is 1. The lowest BCUT2D eigenvalue weighted by Crippen LogP contribution is -2.44. The van der Waals surface area contributed by atoms with Gasteiger partial charge in [-0.2, -0.15) is 5.26 Å². The molecule has 0 aliphatic carbocycles. The van der Waals surface area contributed by atoms with Gasteiger partial charge in [0.1, 0.15) is 11.0 Å². The second kappa shape index (κ2) is 5.96. The second-order valence-electron chi connectivity index (χ2n) is 5.19. The second-order valence-corrected chi connectivity index (χ2v) is 5.57. The van der Waals surface area contributed by atoms with Crippen molar-refractivity contribution in [1.29, 1.82) is 5.26 Å². The summed E-state index contributed by atoms with van der Waals surface area (Å²) in [5.41, 5.74) is 0.565. The number of hydrogen-bond donors (Lipinski definition) is 0. The van der Waals surface area contributed by atoms with E-state index in [0.717, 1.165) is 51.6 Å². The third-order valence-corrected chi connectivity index (χ3v) is 4.15. The van der Waals surface area contributed by atoms with E-state index in [4.69, 9.17) is 21.6 Å². The summed E-state index contributed by atoms with van der Waals surface area (Å²) in [5, 5.41) is 9.39. The molecule has 0 bridgehead atoms. The van der Waals surface area contributed by atoms with Crippen molar-refractivity contribution in [2.75, 3.05) is 44.3 Å². The van der Waals surface area contributed by atoms with Gasteiger partial charge in [0.05, 0.1) is 24.8 Å². The van der Waals surface area contributed by atoms with Gasteiger partial charge in [0.2, 0.25) is 0 Å². The van der Waals surface area contributed by atoms with Gasteiger partial charge in [0, 0.05) is 32.2 Å². The van der Waals surface area contributed by atoms with Crippen molar-refractivity contribution < 1.29 is 4.74 Å². The molecular weight excluding hydrogens is 276 g/mol. The van der Waals surface area contributed by atoms with Crippen LogP contribution in [0.2, 0.25) is 5.15 Å². The van der Waals surface area contributed by atoms with Crippen LogP contribution in [-0.2, 0) is 4.74 Å². The summed E-state index contributed by atoms with van der Waals surface area (Å²) in [5.74, 6) is 0.810. The third kappa shape index (κ3) is 2.88. The van der Waals surface area contributed by atoms with Crippen LogP contribution in [-0.4, -0.2) is 55.3 Å². The van der Waals surface area contributed by atoms with Crippen LogP contribution < -0.4 is 4.90 Å². The van der Waals surface area contributed by atoms with Crippen molar-refractivity contribution >= 4 is 17.4 Å². The van der Waals surface area contributed by atoms with E-state index in [1.165, 1.54) is 0 Å². The molecule has 1 atom stereocenters. The summed E-state index contributed by atoms with van der Waals surface area (Å²) in [6.45, 7) is 5.56. The zero-order chi connectivity index (χ0) is 13.9. The predicted octanol–water partition coefficient (Wildman–Crippen LogP) is 1.52. The first-order chi connectivity index (χ1) is 9.76. The molecule has 2 saturated heterocycles. The fourth-order valence-electron chi connectivity index (χ4n) is 2.90. The molecule has 0 N–H and O–H groups in total. The molecule has 0 spiro atoms. The SMILES string of the molecule is N#Cc1cc(Cl)nc(N2CCC(N3CCOCC3)C2)c1. The van der Waals surface area contributed by atoms with Crippen LogP contribution >= 0.6 is 11.6 Å². The van der Waals surface area contributed by atoms with Crippen molar-refractivity contribution in [3.05, 3.63) is 22.8 Å².